The molecular formula is C33H33ClF5N5O7. The SMILES string of the molecule is CCOC(=O)CN(NC(=O)[C@H](NC(=O)[C@@H](NC(=O)c1ccc(N)c(Cl)c1)C(C)(C)C)c1ccccc1)C(=O)COc1c(F)c(F)c(F)c(F)c1F. The second kappa shape index (κ2) is 17.0. The van der Waals surface area contributed by atoms with E-state index in [1.54, 1.807) is 26.8 Å². The molecule has 3 aromatic rings. The normalized spacial score (nSPS) is 12.3. The van der Waals surface area contributed by atoms with Gasteiger partial charge in [0.25, 0.3) is 17.7 Å². The molecule has 0 saturated carbocycles. The van der Waals surface area contributed by atoms with Gasteiger partial charge in [-0.2, -0.15) is 8.78 Å². The Morgan fingerprint density at radius 1 is 0.863 bits per heavy atom. The van der Waals surface area contributed by atoms with Crippen LogP contribution >= 0.6 is 11.6 Å². The van der Waals surface area contributed by atoms with Gasteiger partial charge in [-0.25, -0.2) is 18.2 Å². The zero-order valence-electron chi connectivity index (χ0n) is 27.5. The summed E-state index contributed by atoms with van der Waals surface area (Å²) in [5, 5.41) is 5.52. The maximum Gasteiger partial charge on any atom is 0.327 e. The van der Waals surface area contributed by atoms with Crippen LogP contribution in [0.2, 0.25) is 5.02 Å². The third kappa shape index (κ3) is 10.1. The number of hydrogen-bond acceptors (Lipinski definition) is 8. The van der Waals surface area contributed by atoms with E-state index in [0.717, 1.165) is 0 Å². The number of nitrogens with one attached hydrogen (secondary N) is 3. The Labute approximate surface area is 293 Å². The summed E-state index contributed by atoms with van der Waals surface area (Å²) in [6.07, 6.45) is 0. The van der Waals surface area contributed by atoms with Crippen molar-refractivity contribution < 1.29 is 55.4 Å². The number of carbonyl (C=O) groups excluding carboxylic acids is 5. The largest absolute Gasteiger partial charge is 0.477 e. The first-order valence-electron chi connectivity index (χ1n) is 15.0. The summed E-state index contributed by atoms with van der Waals surface area (Å²) in [6, 6.07) is 8.72. The van der Waals surface area contributed by atoms with Gasteiger partial charge in [-0.15, -0.1) is 0 Å². The van der Waals surface area contributed by atoms with E-state index >= 15 is 0 Å². The number of halogens is 6. The predicted octanol–water partition coefficient (Wildman–Crippen LogP) is 4.12. The lowest BCUT2D eigenvalue weighted by Gasteiger charge is -2.32. The molecule has 0 spiro atoms. The number of nitrogens with two attached hydrogens (primary N) is 1. The molecule has 0 unspecified atom stereocenters. The molecule has 0 saturated heterocycles. The fourth-order valence-electron chi connectivity index (χ4n) is 4.38. The second-order valence-electron chi connectivity index (χ2n) is 11.8. The first-order valence-corrected chi connectivity index (χ1v) is 15.4. The van der Waals surface area contributed by atoms with Gasteiger partial charge in [0.15, 0.2) is 12.4 Å². The minimum absolute atomic E-state index is 0.0785. The summed E-state index contributed by atoms with van der Waals surface area (Å²) >= 11 is 6.04. The molecule has 2 atom stereocenters. The minimum Gasteiger partial charge on any atom is -0.477 e. The number of amides is 4. The first kappa shape index (κ1) is 40.0. The van der Waals surface area contributed by atoms with Crippen molar-refractivity contribution in [3.05, 3.63) is 93.8 Å². The molecule has 0 bridgehead atoms. The van der Waals surface area contributed by atoms with E-state index < -0.39 is 95.1 Å². The fourth-order valence-corrected chi connectivity index (χ4v) is 4.56. The number of ether oxygens (including phenoxy) is 2. The molecule has 3 aromatic carbocycles. The minimum atomic E-state index is -2.46. The lowest BCUT2D eigenvalue weighted by atomic mass is 9.85. The molecular weight excluding hydrogens is 709 g/mol. The Bertz CT molecular complexity index is 1780. The van der Waals surface area contributed by atoms with E-state index in [4.69, 9.17) is 22.1 Å². The van der Waals surface area contributed by atoms with Crippen LogP contribution in [0.3, 0.4) is 0 Å². The Balaban J connectivity index is 1.91. The molecule has 0 aliphatic rings. The van der Waals surface area contributed by atoms with Crippen molar-refractivity contribution in [1.29, 1.82) is 0 Å². The number of rotatable bonds is 12. The van der Waals surface area contributed by atoms with E-state index in [2.05, 4.69) is 20.8 Å². The van der Waals surface area contributed by atoms with Crippen LogP contribution in [0.1, 0.15) is 49.7 Å². The average Bonchev–Trinajstić information content (AvgIpc) is 3.08. The Morgan fingerprint density at radius 2 is 1.45 bits per heavy atom. The molecule has 0 aliphatic heterocycles. The zero-order chi connectivity index (χ0) is 38.2. The number of hydrogen-bond donors (Lipinski definition) is 4. The highest BCUT2D eigenvalue weighted by Gasteiger charge is 2.37. The molecule has 12 nitrogen and oxygen atoms in total. The van der Waals surface area contributed by atoms with Crippen molar-refractivity contribution in [2.45, 2.75) is 39.8 Å². The summed E-state index contributed by atoms with van der Waals surface area (Å²) < 4.78 is 78.5. The van der Waals surface area contributed by atoms with Crippen LogP contribution in [0.5, 0.6) is 5.75 Å². The van der Waals surface area contributed by atoms with Gasteiger partial charge in [-0.1, -0.05) is 62.7 Å². The van der Waals surface area contributed by atoms with Gasteiger partial charge in [0, 0.05) is 5.56 Å². The molecule has 51 heavy (non-hydrogen) atoms. The van der Waals surface area contributed by atoms with Crippen molar-refractivity contribution in [3.8, 4) is 5.75 Å². The molecule has 274 valence electrons. The third-order valence-corrected chi connectivity index (χ3v) is 7.32. The molecule has 5 N–H and O–H groups in total. The fraction of sp³-hybridized carbons (Fsp3) is 0.303. The molecule has 18 heteroatoms. The van der Waals surface area contributed by atoms with Crippen molar-refractivity contribution in [2.75, 3.05) is 25.5 Å². The molecule has 4 amide bonds. The quantitative estimate of drug-likeness (QED) is 0.0537. The highest BCUT2D eigenvalue weighted by atomic mass is 35.5. The van der Waals surface area contributed by atoms with E-state index in [9.17, 15) is 45.9 Å². The lowest BCUT2D eigenvalue weighted by molar-refractivity contribution is -0.154. The van der Waals surface area contributed by atoms with Gasteiger partial charge in [0.1, 0.15) is 18.6 Å². The summed E-state index contributed by atoms with van der Waals surface area (Å²) in [5.74, 6) is -18.8. The topological polar surface area (TPSA) is 169 Å². The van der Waals surface area contributed by atoms with Crippen LogP contribution < -0.4 is 26.5 Å². The van der Waals surface area contributed by atoms with Crippen molar-refractivity contribution in [2.24, 2.45) is 5.41 Å². The lowest BCUT2D eigenvalue weighted by Crippen LogP contribution is -2.57. The number of carbonyl (C=O) groups is 5. The Kier molecular flexibility index (Phi) is 13.3. The van der Waals surface area contributed by atoms with Gasteiger partial charge >= 0.3 is 5.97 Å². The number of anilines is 1. The monoisotopic (exact) mass is 741 g/mol. The van der Waals surface area contributed by atoms with Crippen LogP contribution in [0.25, 0.3) is 0 Å². The van der Waals surface area contributed by atoms with Crippen LogP contribution in [-0.2, 0) is 23.9 Å². The Hall–Kier alpha value is -5.45. The number of nitrogens with zero attached hydrogens (tertiary/aromatic N) is 1. The zero-order valence-corrected chi connectivity index (χ0v) is 28.3. The number of benzene rings is 3. The third-order valence-electron chi connectivity index (χ3n) is 7.00. The highest BCUT2D eigenvalue weighted by molar-refractivity contribution is 6.33. The van der Waals surface area contributed by atoms with Gasteiger partial charge in [-0.3, -0.25) is 29.4 Å². The van der Waals surface area contributed by atoms with Gasteiger partial charge in [-0.05, 0) is 36.1 Å². The molecule has 0 fully saturated rings. The maximum atomic E-state index is 14.2. The molecule has 0 radical (unpaired) electrons. The molecule has 0 aromatic heterocycles. The Morgan fingerprint density at radius 3 is 2.00 bits per heavy atom. The molecule has 0 heterocycles. The van der Waals surface area contributed by atoms with Crippen LogP contribution in [0, 0.1) is 34.5 Å². The molecule has 3 rings (SSSR count). The van der Waals surface area contributed by atoms with Crippen molar-refractivity contribution >= 4 is 46.9 Å². The smallest absolute Gasteiger partial charge is 0.327 e. The maximum absolute atomic E-state index is 14.2. The van der Waals surface area contributed by atoms with E-state index in [-0.39, 0.29) is 28.4 Å². The van der Waals surface area contributed by atoms with E-state index in [0.29, 0.717) is 5.01 Å². The van der Waals surface area contributed by atoms with Crippen molar-refractivity contribution in [3.63, 3.8) is 0 Å². The first-order chi connectivity index (χ1) is 23.9. The van der Waals surface area contributed by atoms with Gasteiger partial charge in [0.05, 0.1) is 17.3 Å². The number of hydrazine groups is 1. The number of esters is 1. The summed E-state index contributed by atoms with van der Waals surface area (Å²) in [7, 11) is 0. The van der Waals surface area contributed by atoms with E-state index in [1.807, 2.05) is 0 Å². The molecule has 0 aliphatic carbocycles. The van der Waals surface area contributed by atoms with Gasteiger partial charge < -0.3 is 25.8 Å². The standard InChI is InChI=1S/C33H33ClF5N5O7/c1-5-50-21(46)14-44(20(45)15-51-28-25(38)23(36)22(35)24(37)26(28)39)43-31(48)27(16-9-7-6-8-10-16)41-32(49)29(33(2,3)4)42-30(47)17-11-12-19(40)18(34)13-17/h6-13,27,29H,5,14-15,40H2,1-4H3,(H,41,49)(H,42,47)(H,43,48)/t27-,29-/m1/s1. The van der Waals surface area contributed by atoms with Crippen LogP contribution in [0.4, 0.5) is 27.6 Å². The van der Waals surface area contributed by atoms with Crippen molar-refractivity contribution in [1.82, 2.24) is 21.1 Å². The number of nitrogen functional groups attached to an aromatic ring is 1. The predicted molar refractivity (Wildman–Crippen MR) is 172 cm³/mol. The summed E-state index contributed by atoms with van der Waals surface area (Å²) in [5.41, 5.74) is 7.32. The average molecular weight is 742 g/mol. The van der Waals surface area contributed by atoms with Gasteiger partial charge in [0.2, 0.25) is 35.0 Å². The van der Waals surface area contributed by atoms with Crippen LogP contribution in [0.15, 0.2) is 48.5 Å². The summed E-state index contributed by atoms with van der Waals surface area (Å²) in [4.78, 5) is 66.0. The second-order valence-corrected chi connectivity index (χ2v) is 12.2. The van der Waals surface area contributed by atoms with Crippen LogP contribution in [-0.4, -0.2) is 60.4 Å². The summed E-state index contributed by atoms with van der Waals surface area (Å²) in [6.45, 7) is 3.72. The van der Waals surface area contributed by atoms with E-state index in [1.165, 1.54) is 49.4 Å². The highest BCUT2D eigenvalue weighted by Crippen LogP contribution is 2.29.